The Kier molecular flexibility index (Phi) is 8.97. The zero-order valence-corrected chi connectivity index (χ0v) is 21.8. The second kappa shape index (κ2) is 12.0. The molecule has 36 heavy (non-hydrogen) atoms. The van der Waals surface area contributed by atoms with Crippen LogP contribution in [0.4, 0.5) is 26.2 Å². The average Bonchev–Trinajstić information content (AvgIpc) is 3.02. The van der Waals surface area contributed by atoms with Crippen molar-refractivity contribution < 1.29 is 17.2 Å². The van der Waals surface area contributed by atoms with Crippen LogP contribution in [0.2, 0.25) is 5.02 Å². The molecular weight excluding hydrogens is 510 g/mol. The van der Waals surface area contributed by atoms with Gasteiger partial charge in [-0.1, -0.05) is 30.5 Å². The van der Waals surface area contributed by atoms with Gasteiger partial charge in [0.15, 0.2) is 5.82 Å². The van der Waals surface area contributed by atoms with Gasteiger partial charge in [0.1, 0.15) is 5.02 Å². The van der Waals surface area contributed by atoms with E-state index in [2.05, 4.69) is 42.8 Å². The first-order chi connectivity index (χ1) is 17.2. The molecule has 0 bridgehead atoms. The van der Waals surface area contributed by atoms with E-state index in [-0.39, 0.29) is 24.7 Å². The van der Waals surface area contributed by atoms with Gasteiger partial charge in [-0.25, -0.2) is 26.9 Å². The van der Waals surface area contributed by atoms with Crippen LogP contribution in [0.15, 0.2) is 24.4 Å². The lowest BCUT2D eigenvalue weighted by molar-refractivity contribution is 0.140. The molecular formula is C24H33ClF2N6O2S. The van der Waals surface area contributed by atoms with Crippen molar-refractivity contribution in [2.24, 2.45) is 0 Å². The average molecular weight is 543 g/mol. The number of fused-ring (bicyclic) bond motifs is 1. The number of aryl methyl sites for hydroxylation is 2. The van der Waals surface area contributed by atoms with E-state index in [1.807, 2.05) is 6.07 Å². The van der Waals surface area contributed by atoms with E-state index < -0.39 is 16.4 Å². The van der Waals surface area contributed by atoms with E-state index >= 15 is 0 Å². The molecule has 2 aliphatic rings. The topological polar surface area (TPSA) is 108 Å². The number of rotatable bonds is 9. The van der Waals surface area contributed by atoms with E-state index in [9.17, 15) is 17.2 Å². The molecule has 1 fully saturated rings. The van der Waals surface area contributed by atoms with E-state index in [1.165, 1.54) is 23.6 Å². The van der Waals surface area contributed by atoms with Gasteiger partial charge >= 0.3 is 0 Å². The Balaban J connectivity index is 1.43. The molecule has 198 valence electrons. The van der Waals surface area contributed by atoms with Crippen molar-refractivity contribution in [3.8, 4) is 0 Å². The lowest BCUT2D eigenvalue weighted by Crippen LogP contribution is -2.48. The molecule has 3 atom stereocenters. The monoisotopic (exact) mass is 542 g/mol. The SMILES string of the molecule is CS(=O)(=O)N[C@@H]1CCCC[C@H]1Nc1nc(Nc2ccc3c(c2)CCC(NCC(F)F)CC3)ncc1Cl. The molecule has 4 rings (SSSR count). The Morgan fingerprint density at radius 2 is 1.81 bits per heavy atom. The summed E-state index contributed by atoms with van der Waals surface area (Å²) in [5, 5.41) is 9.88. The van der Waals surface area contributed by atoms with E-state index in [0.717, 1.165) is 57.1 Å². The lowest BCUT2D eigenvalue weighted by atomic mass is 9.91. The van der Waals surface area contributed by atoms with Crippen molar-refractivity contribution in [2.45, 2.75) is 75.9 Å². The maximum atomic E-state index is 12.6. The van der Waals surface area contributed by atoms with Crippen LogP contribution in [0.1, 0.15) is 49.7 Å². The van der Waals surface area contributed by atoms with E-state index in [4.69, 9.17) is 11.6 Å². The third kappa shape index (κ3) is 7.71. The van der Waals surface area contributed by atoms with Gasteiger partial charge in [-0.3, -0.25) is 0 Å². The fraction of sp³-hybridized carbons (Fsp3) is 0.583. The molecule has 1 aromatic carbocycles. The van der Waals surface area contributed by atoms with Crippen LogP contribution in [0.25, 0.3) is 0 Å². The summed E-state index contributed by atoms with van der Waals surface area (Å²) in [4.78, 5) is 8.86. The first-order valence-electron chi connectivity index (χ1n) is 12.3. The summed E-state index contributed by atoms with van der Waals surface area (Å²) in [5.74, 6) is 0.819. The van der Waals surface area contributed by atoms with Gasteiger partial charge in [-0.15, -0.1) is 0 Å². The van der Waals surface area contributed by atoms with Gasteiger partial charge in [-0.05, 0) is 61.8 Å². The molecule has 0 spiro atoms. The highest BCUT2D eigenvalue weighted by molar-refractivity contribution is 7.88. The number of nitrogens with one attached hydrogen (secondary N) is 4. The van der Waals surface area contributed by atoms with Gasteiger partial charge in [0.25, 0.3) is 6.43 Å². The van der Waals surface area contributed by atoms with Crippen molar-refractivity contribution in [1.82, 2.24) is 20.0 Å². The number of hydrogen-bond acceptors (Lipinski definition) is 7. The van der Waals surface area contributed by atoms with Crippen LogP contribution in [0.5, 0.6) is 0 Å². The molecule has 2 aliphatic carbocycles. The van der Waals surface area contributed by atoms with Crippen molar-refractivity contribution >= 4 is 39.1 Å². The van der Waals surface area contributed by atoms with Crippen LogP contribution >= 0.6 is 11.6 Å². The molecule has 12 heteroatoms. The van der Waals surface area contributed by atoms with Crippen molar-refractivity contribution in [2.75, 3.05) is 23.4 Å². The zero-order chi connectivity index (χ0) is 25.7. The number of halogens is 3. The second-order valence-electron chi connectivity index (χ2n) is 9.60. The number of hydrogen-bond donors (Lipinski definition) is 4. The smallest absolute Gasteiger partial charge is 0.250 e. The van der Waals surface area contributed by atoms with Gasteiger partial charge in [0.2, 0.25) is 16.0 Å². The minimum Gasteiger partial charge on any atom is -0.364 e. The fourth-order valence-electron chi connectivity index (χ4n) is 5.00. The summed E-state index contributed by atoms with van der Waals surface area (Å²) in [6.45, 7) is -0.274. The maximum Gasteiger partial charge on any atom is 0.250 e. The molecule has 0 aliphatic heterocycles. The number of sulfonamides is 1. The Hall–Kier alpha value is -2.08. The third-order valence-corrected chi connectivity index (χ3v) is 7.75. The molecule has 2 aromatic rings. The number of nitrogens with zero attached hydrogens (tertiary/aromatic N) is 2. The first-order valence-corrected chi connectivity index (χ1v) is 14.6. The highest BCUT2D eigenvalue weighted by atomic mass is 35.5. The third-order valence-electron chi connectivity index (χ3n) is 6.75. The predicted octanol–water partition coefficient (Wildman–Crippen LogP) is 4.25. The van der Waals surface area contributed by atoms with Crippen LogP contribution < -0.4 is 20.7 Å². The minimum atomic E-state index is -3.33. The fourth-order valence-corrected chi connectivity index (χ4v) is 5.97. The van der Waals surface area contributed by atoms with E-state index in [1.54, 1.807) is 0 Å². The van der Waals surface area contributed by atoms with Crippen molar-refractivity contribution in [3.05, 3.63) is 40.5 Å². The Morgan fingerprint density at radius 1 is 1.08 bits per heavy atom. The molecule has 1 heterocycles. The quantitative estimate of drug-likeness (QED) is 0.351. The standard InChI is InChI=1S/C24H33ClF2N6O2S/c1-36(34,35)33-21-5-3-2-4-20(21)31-23-19(25)13-29-24(32-23)30-18-11-7-15-6-9-17(28-14-22(26)27)10-8-16(15)12-18/h7,11-13,17,20-22,28,33H,2-6,8-10,14H2,1H3,(H2,29,30,31,32)/t17?,20-,21-/m1/s1. The summed E-state index contributed by atoms with van der Waals surface area (Å²) >= 11 is 6.36. The van der Waals surface area contributed by atoms with Crippen LogP contribution in [0.3, 0.4) is 0 Å². The normalized spacial score (nSPS) is 22.6. The molecule has 0 saturated heterocycles. The molecule has 0 amide bonds. The Morgan fingerprint density at radius 3 is 2.53 bits per heavy atom. The summed E-state index contributed by atoms with van der Waals surface area (Å²) in [7, 11) is -3.33. The minimum absolute atomic E-state index is 0.0804. The Bertz CT molecular complexity index is 1150. The van der Waals surface area contributed by atoms with Gasteiger partial charge in [-0.2, -0.15) is 4.98 Å². The highest BCUT2D eigenvalue weighted by Crippen LogP contribution is 2.29. The number of aromatic nitrogens is 2. The van der Waals surface area contributed by atoms with Crippen LogP contribution in [0, 0.1) is 0 Å². The number of benzene rings is 1. The van der Waals surface area contributed by atoms with Crippen molar-refractivity contribution in [3.63, 3.8) is 0 Å². The van der Waals surface area contributed by atoms with Crippen LogP contribution in [-0.2, 0) is 22.9 Å². The summed E-state index contributed by atoms with van der Waals surface area (Å²) in [5.41, 5.74) is 3.24. The first kappa shape index (κ1) is 27.0. The number of anilines is 3. The van der Waals surface area contributed by atoms with Gasteiger partial charge in [0, 0.05) is 23.8 Å². The maximum absolute atomic E-state index is 12.6. The predicted molar refractivity (Wildman–Crippen MR) is 139 cm³/mol. The Labute approximate surface area is 216 Å². The zero-order valence-electron chi connectivity index (χ0n) is 20.2. The van der Waals surface area contributed by atoms with Gasteiger partial charge in [0.05, 0.1) is 19.0 Å². The second-order valence-corrected chi connectivity index (χ2v) is 11.8. The molecule has 8 nitrogen and oxygen atoms in total. The molecule has 0 radical (unpaired) electrons. The number of alkyl halides is 2. The molecule has 1 unspecified atom stereocenters. The highest BCUT2D eigenvalue weighted by Gasteiger charge is 2.28. The molecule has 1 aromatic heterocycles. The lowest BCUT2D eigenvalue weighted by Gasteiger charge is -2.32. The molecule has 4 N–H and O–H groups in total. The van der Waals surface area contributed by atoms with Crippen molar-refractivity contribution in [1.29, 1.82) is 0 Å². The largest absolute Gasteiger partial charge is 0.364 e. The van der Waals surface area contributed by atoms with Gasteiger partial charge < -0.3 is 16.0 Å². The van der Waals surface area contributed by atoms with E-state index in [0.29, 0.717) is 16.8 Å². The van der Waals surface area contributed by atoms with Crippen LogP contribution in [-0.4, -0.2) is 55.7 Å². The molecule has 1 saturated carbocycles. The summed E-state index contributed by atoms with van der Waals surface area (Å²) in [6, 6.07) is 5.79. The summed E-state index contributed by atoms with van der Waals surface area (Å²) < 4.78 is 51.4. The summed E-state index contributed by atoms with van der Waals surface area (Å²) in [6.07, 6.45) is 7.10.